The second kappa shape index (κ2) is 8.08. The Morgan fingerprint density at radius 3 is 2.69 bits per heavy atom. The van der Waals surface area contributed by atoms with E-state index < -0.39 is 0 Å². The predicted octanol–water partition coefficient (Wildman–Crippen LogP) is 4.13. The van der Waals surface area contributed by atoms with Crippen molar-refractivity contribution in [1.29, 1.82) is 0 Å². The van der Waals surface area contributed by atoms with Gasteiger partial charge in [0.1, 0.15) is 0 Å². The van der Waals surface area contributed by atoms with E-state index >= 15 is 0 Å². The second-order valence-electron chi connectivity index (χ2n) is 5.12. The Morgan fingerprint density at radius 1 is 1.19 bits per heavy atom. The van der Waals surface area contributed by atoms with Gasteiger partial charge in [0.05, 0.1) is 6.10 Å². The summed E-state index contributed by atoms with van der Waals surface area (Å²) in [6, 6.07) is 0. The Hall–Kier alpha value is -0.0800. The highest BCUT2D eigenvalue weighted by atomic mass is 16.7. The van der Waals surface area contributed by atoms with Crippen LogP contribution in [0.1, 0.15) is 65.2 Å². The van der Waals surface area contributed by atoms with Gasteiger partial charge in [0, 0.05) is 13.0 Å². The van der Waals surface area contributed by atoms with Gasteiger partial charge >= 0.3 is 0 Å². The first kappa shape index (κ1) is 14.0. The summed E-state index contributed by atoms with van der Waals surface area (Å²) in [4.78, 5) is 0. The van der Waals surface area contributed by atoms with Gasteiger partial charge in [-0.25, -0.2) is 0 Å². The molecule has 0 aromatic carbocycles. The van der Waals surface area contributed by atoms with E-state index in [1.54, 1.807) is 7.11 Å². The molecular formula is C14H28O2. The zero-order valence-corrected chi connectivity index (χ0v) is 11.2. The predicted molar refractivity (Wildman–Crippen MR) is 67.4 cm³/mol. The topological polar surface area (TPSA) is 18.5 Å². The minimum Gasteiger partial charge on any atom is -0.356 e. The molecule has 0 N–H and O–H groups in total. The zero-order valence-electron chi connectivity index (χ0n) is 11.2. The summed E-state index contributed by atoms with van der Waals surface area (Å²) in [5.41, 5.74) is 0. The highest BCUT2D eigenvalue weighted by Gasteiger charge is 2.25. The van der Waals surface area contributed by atoms with Crippen molar-refractivity contribution in [2.24, 2.45) is 5.92 Å². The molecule has 2 heteroatoms. The Labute approximate surface area is 101 Å². The number of methoxy groups -OCH3 is 1. The third kappa shape index (κ3) is 4.84. The highest BCUT2D eigenvalue weighted by molar-refractivity contribution is 4.69. The van der Waals surface area contributed by atoms with Crippen LogP contribution in [0, 0.1) is 5.92 Å². The minimum atomic E-state index is 0.0266. The molecule has 0 aliphatic carbocycles. The number of rotatable bonds is 6. The van der Waals surface area contributed by atoms with Crippen molar-refractivity contribution < 1.29 is 9.47 Å². The second-order valence-corrected chi connectivity index (χ2v) is 5.12. The van der Waals surface area contributed by atoms with E-state index in [2.05, 4.69) is 13.8 Å². The number of unbranched alkanes of at least 4 members (excludes halogenated alkanes) is 3. The van der Waals surface area contributed by atoms with Crippen LogP contribution in [0.4, 0.5) is 0 Å². The SMILES string of the molecule is CCCCCC[C@H]1CCC[C@H](C)[C@@H](OC)O1. The molecule has 16 heavy (non-hydrogen) atoms. The normalized spacial score (nSPS) is 31.3. The average molecular weight is 228 g/mol. The van der Waals surface area contributed by atoms with Crippen LogP contribution in [0.3, 0.4) is 0 Å². The van der Waals surface area contributed by atoms with E-state index in [0.29, 0.717) is 12.0 Å². The number of ether oxygens (including phenoxy) is 2. The van der Waals surface area contributed by atoms with E-state index in [1.165, 1.54) is 51.4 Å². The Bertz CT molecular complexity index is 170. The molecule has 0 aromatic heterocycles. The van der Waals surface area contributed by atoms with Crippen LogP contribution in [0.15, 0.2) is 0 Å². The molecule has 0 bridgehead atoms. The van der Waals surface area contributed by atoms with Gasteiger partial charge in [0.25, 0.3) is 0 Å². The van der Waals surface area contributed by atoms with Crippen LogP contribution >= 0.6 is 0 Å². The lowest BCUT2D eigenvalue weighted by atomic mass is 10.0. The molecule has 2 nitrogen and oxygen atoms in total. The van der Waals surface area contributed by atoms with Gasteiger partial charge in [-0.05, 0) is 19.3 Å². The Balaban J connectivity index is 2.24. The molecule has 0 unspecified atom stereocenters. The van der Waals surface area contributed by atoms with E-state index in [0.717, 1.165) is 0 Å². The zero-order chi connectivity index (χ0) is 11.8. The van der Waals surface area contributed by atoms with Crippen molar-refractivity contribution in [2.75, 3.05) is 7.11 Å². The van der Waals surface area contributed by atoms with E-state index in [9.17, 15) is 0 Å². The lowest BCUT2D eigenvalue weighted by Crippen LogP contribution is -2.26. The number of hydrogen-bond donors (Lipinski definition) is 0. The van der Waals surface area contributed by atoms with Crippen molar-refractivity contribution in [3.8, 4) is 0 Å². The monoisotopic (exact) mass is 228 g/mol. The minimum absolute atomic E-state index is 0.0266. The quantitative estimate of drug-likeness (QED) is 0.636. The van der Waals surface area contributed by atoms with Crippen LogP contribution in [0.5, 0.6) is 0 Å². The summed E-state index contributed by atoms with van der Waals surface area (Å²) in [5, 5.41) is 0. The average Bonchev–Trinajstić information content (AvgIpc) is 2.47. The fraction of sp³-hybridized carbons (Fsp3) is 1.00. The summed E-state index contributed by atoms with van der Waals surface area (Å²) in [6.45, 7) is 4.48. The molecular weight excluding hydrogens is 200 g/mol. The largest absolute Gasteiger partial charge is 0.356 e. The fourth-order valence-electron chi connectivity index (χ4n) is 2.49. The Kier molecular flexibility index (Phi) is 7.06. The highest BCUT2D eigenvalue weighted by Crippen LogP contribution is 2.26. The summed E-state index contributed by atoms with van der Waals surface area (Å²) in [5.74, 6) is 0.547. The molecule has 0 radical (unpaired) electrons. The van der Waals surface area contributed by atoms with Gasteiger partial charge < -0.3 is 9.47 Å². The molecule has 1 fully saturated rings. The molecule has 0 saturated carbocycles. The summed E-state index contributed by atoms with van der Waals surface area (Å²) in [7, 11) is 1.76. The molecule has 1 aliphatic heterocycles. The molecule has 3 atom stereocenters. The maximum Gasteiger partial charge on any atom is 0.160 e. The molecule has 0 amide bonds. The maximum absolute atomic E-state index is 6.03. The smallest absolute Gasteiger partial charge is 0.160 e. The Morgan fingerprint density at radius 2 is 2.00 bits per heavy atom. The van der Waals surface area contributed by atoms with Crippen molar-refractivity contribution in [1.82, 2.24) is 0 Å². The summed E-state index contributed by atoms with van der Waals surface area (Å²) >= 11 is 0. The van der Waals surface area contributed by atoms with Gasteiger partial charge in [-0.3, -0.25) is 0 Å². The molecule has 1 heterocycles. The standard InChI is InChI=1S/C14H28O2/c1-4-5-6-7-10-13-11-8-9-12(2)14(15-3)16-13/h12-14H,4-11H2,1-3H3/t12-,13-,14-/m0/s1. The maximum atomic E-state index is 6.03. The molecule has 1 rings (SSSR count). The fourth-order valence-corrected chi connectivity index (χ4v) is 2.49. The van der Waals surface area contributed by atoms with Crippen molar-refractivity contribution >= 4 is 0 Å². The molecule has 96 valence electrons. The molecule has 0 spiro atoms. The van der Waals surface area contributed by atoms with Crippen LogP contribution in [-0.4, -0.2) is 19.5 Å². The van der Waals surface area contributed by atoms with Crippen LogP contribution in [-0.2, 0) is 9.47 Å². The van der Waals surface area contributed by atoms with Gasteiger partial charge in [-0.1, -0.05) is 46.0 Å². The summed E-state index contributed by atoms with van der Waals surface area (Å²) < 4.78 is 11.4. The first-order chi connectivity index (χ1) is 7.77. The van der Waals surface area contributed by atoms with Crippen LogP contribution in [0.25, 0.3) is 0 Å². The van der Waals surface area contributed by atoms with Gasteiger partial charge in [-0.2, -0.15) is 0 Å². The van der Waals surface area contributed by atoms with Crippen LogP contribution < -0.4 is 0 Å². The molecule has 1 saturated heterocycles. The van der Waals surface area contributed by atoms with Gasteiger partial charge in [-0.15, -0.1) is 0 Å². The van der Waals surface area contributed by atoms with E-state index in [4.69, 9.17) is 9.47 Å². The summed E-state index contributed by atoms with van der Waals surface area (Å²) in [6.07, 6.45) is 10.8. The lowest BCUT2D eigenvalue weighted by molar-refractivity contribution is -0.174. The molecule has 0 aromatic rings. The van der Waals surface area contributed by atoms with Gasteiger partial charge in [0.15, 0.2) is 6.29 Å². The first-order valence-corrected chi connectivity index (χ1v) is 6.96. The van der Waals surface area contributed by atoms with Crippen molar-refractivity contribution in [2.45, 2.75) is 77.6 Å². The number of hydrogen-bond acceptors (Lipinski definition) is 2. The lowest BCUT2D eigenvalue weighted by Gasteiger charge is -2.23. The first-order valence-electron chi connectivity index (χ1n) is 6.96. The van der Waals surface area contributed by atoms with Crippen molar-refractivity contribution in [3.63, 3.8) is 0 Å². The van der Waals surface area contributed by atoms with Gasteiger partial charge in [0.2, 0.25) is 0 Å². The van der Waals surface area contributed by atoms with Crippen LogP contribution in [0.2, 0.25) is 0 Å². The third-order valence-electron chi connectivity index (χ3n) is 3.59. The van der Waals surface area contributed by atoms with Crippen molar-refractivity contribution in [3.05, 3.63) is 0 Å². The van der Waals surface area contributed by atoms with E-state index in [1.807, 2.05) is 0 Å². The molecule has 1 aliphatic rings. The van der Waals surface area contributed by atoms with E-state index in [-0.39, 0.29) is 6.29 Å². The third-order valence-corrected chi connectivity index (χ3v) is 3.59.